The number of rotatable bonds is 16. The second kappa shape index (κ2) is 17.0. The Balaban J connectivity index is 2.20. The first-order valence-corrected chi connectivity index (χ1v) is 14.1. The maximum absolute atomic E-state index is 14.8. The molecule has 15 heteroatoms. The third kappa shape index (κ3) is 11.1. The van der Waals surface area contributed by atoms with Crippen LogP contribution in [0.2, 0.25) is 0 Å². The highest BCUT2D eigenvalue weighted by atomic mass is 19.4. The Bertz CT molecular complexity index is 1300. The number of carbonyl (C=O) groups excluding carboxylic acids is 4. The Hall–Kier alpha value is -4.66. The van der Waals surface area contributed by atoms with Crippen molar-refractivity contribution in [1.82, 2.24) is 21.3 Å². The molecule has 7 N–H and O–H groups in total. The van der Waals surface area contributed by atoms with Crippen LogP contribution < -0.4 is 27.0 Å². The molecule has 0 heterocycles. The van der Waals surface area contributed by atoms with Gasteiger partial charge in [-0.05, 0) is 50.8 Å². The molecule has 12 nitrogen and oxygen atoms in total. The Morgan fingerprint density at radius 1 is 0.822 bits per heavy atom. The molecule has 0 aliphatic rings. The highest BCUT2D eigenvalue weighted by molar-refractivity contribution is 5.96. The molecular formula is C30H38F3N5O7. The Labute approximate surface area is 258 Å². The summed E-state index contributed by atoms with van der Waals surface area (Å²) in [7, 11) is 0. The average Bonchev–Trinajstić information content (AvgIpc) is 2.99. The fraction of sp³-hybridized carbons (Fsp3) is 0.433. The van der Waals surface area contributed by atoms with Gasteiger partial charge in [-0.1, -0.05) is 60.7 Å². The average molecular weight is 638 g/mol. The zero-order valence-electron chi connectivity index (χ0n) is 24.9. The lowest BCUT2D eigenvalue weighted by Gasteiger charge is -2.35. The fourth-order valence-corrected chi connectivity index (χ4v) is 4.15. The van der Waals surface area contributed by atoms with Crippen molar-refractivity contribution in [3.63, 3.8) is 0 Å². The Morgan fingerprint density at radius 2 is 1.36 bits per heavy atom. The fourth-order valence-electron chi connectivity index (χ4n) is 4.15. The highest BCUT2D eigenvalue weighted by Crippen LogP contribution is 2.34. The van der Waals surface area contributed by atoms with Gasteiger partial charge in [-0.2, -0.15) is 13.2 Å². The molecule has 0 saturated heterocycles. The number of unbranched alkanes of at least 4 members (excludes halogenated alkanes) is 1. The van der Waals surface area contributed by atoms with Crippen molar-refractivity contribution in [2.24, 2.45) is 5.73 Å². The number of carboxylic acid groups (broad SMARTS) is 1. The topological polar surface area (TPSA) is 189 Å². The second-order valence-electron chi connectivity index (χ2n) is 10.4. The third-order valence-corrected chi connectivity index (χ3v) is 6.77. The summed E-state index contributed by atoms with van der Waals surface area (Å²) in [5, 5.41) is 17.6. The summed E-state index contributed by atoms with van der Waals surface area (Å²) in [4.78, 5) is 62.9. The number of nitrogens with one attached hydrogen (secondary N) is 4. The van der Waals surface area contributed by atoms with E-state index in [0.717, 1.165) is 6.92 Å². The minimum atomic E-state index is -5.36. The van der Waals surface area contributed by atoms with Crippen molar-refractivity contribution >= 4 is 29.8 Å². The number of hydrogen-bond donors (Lipinski definition) is 6. The standard InChI is InChI=1S/C30H38F3N5O7/c1-19(25(40)37-23(26(41)42)15-9-10-16-34)35-24(39)20(2)36-27(43)29(30(31,32)33,17-21-11-5-3-6-12-21)38-28(44)45-18-22-13-7-4-8-14-22/h3-8,11-14,19-20,23H,9-10,15-18,34H2,1-2H3,(H,35,39)(H,36,43)(H,37,40)(H,38,44)(H,41,42)/t19-,20-,23-,29?/m0/s1. The van der Waals surface area contributed by atoms with Crippen molar-refractivity contribution in [2.45, 2.75) is 76.0 Å². The molecule has 0 saturated carbocycles. The van der Waals surface area contributed by atoms with Gasteiger partial charge in [0.1, 0.15) is 24.7 Å². The summed E-state index contributed by atoms with van der Waals surface area (Å²) < 4.78 is 49.3. The molecule has 2 rings (SSSR count). The number of alkyl halides is 3. The minimum absolute atomic E-state index is 0.0511. The minimum Gasteiger partial charge on any atom is -0.480 e. The van der Waals surface area contributed by atoms with Crippen LogP contribution in [-0.4, -0.2) is 71.3 Å². The summed E-state index contributed by atoms with van der Waals surface area (Å²) >= 11 is 0. The molecule has 4 amide bonds. The van der Waals surface area contributed by atoms with E-state index in [2.05, 4.69) is 10.6 Å². The van der Waals surface area contributed by atoms with E-state index in [0.29, 0.717) is 24.9 Å². The number of halogens is 3. The number of nitrogens with two attached hydrogens (primary N) is 1. The van der Waals surface area contributed by atoms with Gasteiger partial charge in [-0.15, -0.1) is 0 Å². The highest BCUT2D eigenvalue weighted by Gasteiger charge is 2.62. The molecule has 0 aliphatic heterocycles. The number of amides is 4. The predicted octanol–water partition coefficient (Wildman–Crippen LogP) is 2.16. The van der Waals surface area contributed by atoms with Gasteiger partial charge in [0, 0.05) is 6.42 Å². The second-order valence-corrected chi connectivity index (χ2v) is 10.4. The molecule has 246 valence electrons. The van der Waals surface area contributed by atoms with Gasteiger partial charge in [-0.25, -0.2) is 9.59 Å². The molecule has 0 radical (unpaired) electrons. The van der Waals surface area contributed by atoms with E-state index in [4.69, 9.17) is 10.5 Å². The van der Waals surface area contributed by atoms with Crippen LogP contribution in [0, 0.1) is 0 Å². The van der Waals surface area contributed by atoms with Crippen LogP contribution in [0.5, 0.6) is 0 Å². The van der Waals surface area contributed by atoms with E-state index in [1.807, 2.05) is 5.32 Å². The maximum Gasteiger partial charge on any atom is 0.421 e. The van der Waals surface area contributed by atoms with Crippen LogP contribution in [0.3, 0.4) is 0 Å². The van der Waals surface area contributed by atoms with Crippen molar-refractivity contribution < 1.29 is 47.0 Å². The molecule has 2 aromatic carbocycles. The van der Waals surface area contributed by atoms with E-state index in [-0.39, 0.29) is 18.6 Å². The van der Waals surface area contributed by atoms with Gasteiger partial charge in [0.15, 0.2) is 0 Å². The van der Waals surface area contributed by atoms with Gasteiger partial charge >= 0.3 is 18.2 Å². The van der Waals surface area contributed by atoms with E-state index in [9.17, 15) is 42.3 Å². The molecule has 1 unspecified atom stereocenters. The van der Waals surface area contributed by atoms with Crippen LogP contribution in [0.15, 0.2) is 60.7 Å². The molecular weight excluding hydrogens is 599 g/mol. The zero-order valence-corrected chi connectivity index (χ0v) is 24.9. The van der Waals surface area contributed by atoms with Crippen LogP contribution in [-0.2, 0) is 36.9 Å². The van der Waals surface area contributed by atoms with Gasteiger partial charge in [-0.3, -0.25) is 19.7 Å². The van der Waals surface area contributed by atoms with Crippen LogP contribution in [0.4, 0.5) is 18.0 Å². The number of alkyl carbamates (subject to hydrolysis) is 1. The van der Waals surface area contributed by atoms with Crippen LogP contribution in [0.25, 0.3) is 0 Å². The molecule has 0 bridgehead atoms. The van der Waals surface area contributed by atoms with Crippen molar-refractivity contribution in [3.8, 4) is 0 Å². The number of aliphatic carboxylic acids is 1. The molecule has 4 atom stereocenters. The molecule has 0 aromatic heterocycles. The van der Waals surface area contributed by atoms with E-state index < -0.39 is 66.0 Å². The molecule has 0 fully saturated rings. The first-order chi connectivity index (χ1) is 21.2. The summed E-state index contributed by atoms with van der Waals surface area (Å²) in [5.41, 5.74) is 2.39. The number of benzene rings is 2. The quantitative estimate of drug-likeness (QED) is 0.151. The van der Waals surface area contributed by atoms with Gasteiger partial charge in [0.2, 0.25) is 17.4 Å². The lowest BCUT2D eigenvalue weighted by atomic mass is 9.88. The van der Waals surface area contributed by atoms with Crippen molar-refractivity contribution in [1.29, 1.82) is 0 Å². The molecule has 0 aliphatic carbocycles. The van der Waals surface area contributed by atoms with Crippen molar-refractivity contribution in [2.75, 3.05) is 6.54 Å². The van der Waals surface area contributed by atoms with Crippen LogP contribution in [0.1, 0.15) is 44.2 Å². The first-order valence-electron chi connectivity index (χ1n) is 14.1. The predicted molar refractivity (Wildman–Crippen MR) is 156 cm³/mol. The Kier molecular flexibility index (Phi) is 13.8. The summed E-state index contributed by atoms with van der Waals surface area (Å²) in [6, 6.07) is 11.1. The van der Waals surface area contributed by atoms with Crippen LogP contribution >= 0.6 is 0 Å². The smallest absolute Gasteiger partial charge is 0.421 e. The first kappa shape index (κ1) is 36.5. The van der Waals surface area contributed by atoms with Crippen molar-refractivity contribution in [3.05, 3.63) is 71.8 Å². The van der Waals surface area contributed by atoms with E-state index in [1.54, 1.807) is 41.7 Å². The largest absolute Gasteiger partial charge is 0.480 e. The number of ether oxygens (including phenoxy) is 1. The lowest BCUT2D eigenvalue weighted by molar-refractivity contribution is -0.198. The van der Waals surface area contributed by atoms with Gasteiger partial charge in [0.25, 0.3) is 5.91 Å². The zero-order chi connectivity index (χ0) is 33.6. The molecule has 45 heavy (non-hydrogen) atoms. The Morgan fingerprint density at radius 3 is 1.89 bits per heavy atom. The van der Waals surface area contributed by atoms with E-state index >= 15 is 0 Å². The number of carboxylic acids is 1. The monoisotopic (exact) mass is 637 g/mol. The molecule has 2 aromatic rings. The normalized spacial score (nSPS) is 14.5. The van der Waals surface area contributed by atoms with E-state index in [1.165, 1.54) is 31.2 Å². The summed E-state index contributed by atoms with van der Waals surface area (Å²) in [6.45, 7) is 2.28. The molecule has 0 spiro atoms. The van der Waals surface area contributed by atoms with Gasteiger partial charge in [0.05, 0.1) is 0 Å². The summed E-state index contributed by atoms with van der Waals surface area (Å²) in [5.74, 6) is -4.95. The lowest BCUT2D eigenvalue weighted by Crippen LogP contribution is -2.70. The number of carbonyl (C=O) groups is 5. The SMILES string of the molecule is C[C@H](NC(=O)[C@H](C)NC(=O)C(Cc1ccccc1)(NC(=O)OCc1ccccc1)C(F)(F)F)C(=O)N[C@@H](CCCCN)C(=O)O. The van der Waals surface area contributed by atoms with Gasteiger partial charge < -0.3 is 31.5 Å². The third-order valence-electron chi connectivity index (χ3n) is 6.77. The maximum atomic E-state index is 14.8. The number of hydrogen-bond acceptors (Lipinski definition) is 7. The summed E-state index contributed by atoms with van der Waals surface area (Å²) in [6.07, 6.45) is -6.87.